The predicted octanol–water partition coefficient (Wildman–Crippen LogP) is 0.635. The molecule has 1 aliphatic carbocycles. The molecule has 1 aromatic rings. The topological polar surface area (TPSA) is 94.3 Å². The summed E-state index contributed by atoms with van der Waals surface area (Å²) in [5, 5.41) is 0. The molecular weight excluding hydrogens is 278 g/mol. The van der Waals surface area contributed by atoms with Crippen LogP contribution in [0, 0.1) is 5.41 Å². The van der Waals surface area contributed by atoms with Crippen LogP contribution in [0.2, 0.25) is 0 Å². The van der Waals surface area contributed by atoms with Gasteiger partial charge in [0.15, 0.2) is 0 Å². The summed E-state index contributed by atoms with van der Waals surface area (Å²) in [5.74, 6) is 0. The van der Waals surface area contributed by atoms with E-state index in [1.54, 1.807) is 13.2 Å². The van der Waals surface area contributed by atoms with E-state index in [9.17, 15) is 8.42 Å². The number of sulfonamides is 1. The van der Waals surface area contributed by atoms with Gasteiger partial charge in [-0.1, -0.05) is 0 Å². The quantitative estimate of drug-likeness (QED) is 0.734. The van der Waals surface area contributed by atoms with Crippen LogP contribution in [0.25, 0.3) is 0 Å². The third-order valence-corrected chi connectivity index (χ3v) is 5.13. The van der Waals surface area contributed by atoms with E-state index < -0.39 is 10.0 Å². The first-order valence-corrected chi connectivity index (χ1v) is 8.13. The van der Waals surface area contributed by atoms with Gasteiger partial charge in [-0.15, -0.1) is 0 Å². The highest BCUT2D eigenvalue weighted by Gasteiger charge is 2.42. The number of methoxy groups -OCH3 is 1. The fraction of sp³-hybridized carbons (Fsp3) is 0.615. The Kier molecular flexibility index (Phi) is 4.74. The van der Waals surface area contributed by atoms with E-state index in [1.807, 2.05) is 0 Å². The number of hydrogen-bond donors (Lipinski definition) is 2. The minimum Gasteiger partial charge on any atom is -0.385 e. The Hall–Kier alpha value is -1.02. The molecule has 1 aromatic heterocycles. The molecule has 0 radical (unpaired) electrons. The molecule has 0 bridgehead atoms. The fourth-order valence-corrected chi connectivity index (χ4v) is 3.13. The van der Waals surface area contributed by atoms with Gasteiger partial charge in [-0.2, -0.15) is 0 Å². The monoisotopic (exact) mass is 299 g/mol. The van der Waals surface area contributed by atoms with Gasteiger partial charge in [0.05, 0.1) is 5.69 Å². The van der Waals surface area contributed by atoms with E-state index in [2.05, 4.69) is 9.71 Å². The van der Waals surface area contributed by atoms with Gasteiger partial charge < -0.3 is 10.5 Å². The minimum atomic E-state index is -3.50. The van der Waals surface area contributed by atoms with Crippen LogP contribution < -0.4 is 10.5 Å². The van der Waals surface area contributed by atoms with Crippen molar-refractivity contribution in [1.82, 2.24) is 9.71 Å². The molecule has 1 heterocycles. The number of nitrogens with two attached hydrogens (primary N) is 1. The number of rotatable bonds is 8. The average molecular weight is 299 g/mol. The molecule has 1 fully saturated rings. The first-order valence-electron chi connectivity index (χ1n) is 6.65. The van der Waals surface area contributed by atoms with Crippen molar-refractivity contribution in [3.63, 3.8) is 0 Å². The maximum Gasteiger partial charge on any atom is 0.242 e. The van der Waals surface area contributed by atoms with Crippen molar-refractivity contribution < 1.29 is 13.2 Å². The zero-order valence-corrected chi connectivity index (χ0v) is 12.4. The van der Waals surface area contributed by atoms with Gasteiger partial charge in [-0.25, -0.2) is 13.1 Å². The van der Waals surface area contributed by atoms with Crippen LogP contribution in [0.5, 0.6) is 0 Å². The van der Waals surface area contributed by atoms with Crippen molar-refractivity contribution in [3.05, 3.63) is 24.0 Å². The lowest BCUT2D eigenvalue weighted by Gasteiger charge is -2.15. The second-order valence-electron chi connectivity index (χ2n) is 5.26. The van der Waals surface area contributed by atoms with Crippen molar-refractivity contribution in [2.75, 3.05) is 20.3 Å². The van der Waals surface area contributed by atoms with Crippen molar-refractivity contribution >= 4 is 10.0 Å². The maximum atomic E-state index is 12.2. The van der Waals surface area contributed by atoms with Gasteiger partial charge in [0.2, 0.25) is 10.0 Å². The summed E-state index contributed by atoms with van der Waals surface area (Å²) in [7, 11) is -1.84. The molecule has 2 rings (SSSR count). The lowest BCUT2D eigenvalue weighted by molar-refractivity contribution is 0.173. The largest absolute Gasteiger partial charge is 0.385 e. The molecule has 0 saturated heterocycles. The fourth-order valence-electron chi connectivity index (χ4n) is 2.03. The van der Waals surface area contributed by atoms with Gasteiger partial charge in [0.1, 0.15) is 4.90 Å². The van der Waals surface area contributed by atoms with Gasteiger partial charge >= 0.3 is 0 Å². The Morgan fingerprint density at radius 3 is 2.70 bits per heavy atom. The lowest BCUT2D eigenvalue weighted by atomic mass is 10.0. The Balaban J connectivity index is 1.97. The number of ether oxygens (including phenoxy) is 1. The SMILES string of the molecule is COCCC1(CNS(=O)(=O)c2ccc(CN)nc2)CC1. The zero-order valence-electron chi connectivity index (χ0n) is 11.6. The molecule has 1 saturated carbocycles. The van der Waals surface area contributed by atoms with Gasteiger partial charge in [-0.3, -0.25) is 4.98 Å². The number of pyridine rings is 1. The molecule has 112 valence electrons. The average Bonchev–Trinajstić information content (AvgIpc) is 3.24. The molecule has 0 unspecified atom stereocenters. The van der Waals surface area contributed by atoms with Crippen LogP contribution in [-0.4, -0.2) is 33.7 Å². The molecule has 7 heteroatoms. The number of nitrogens with zero attached hydrogens (tertiary/aromatic N) is 1. The third kappa shape index (κ3) is 3.76. The zero-order chi connectivity index (χ0) is 14.6. The Bertz CT molecular complexity index is 538. The number of nitrogens with one attached hydrogen (secondary N) is 1. The molecule has 0 atom stereocenters. The van der Waals surface area contributed by atoms with E-state index in [0.29, 0.717) is 25.4 Å². The van der Waals surface area contributed by atoms with Gasteiger partial charge in [0.25, 0.3) is 0 Å². The molecule has 6 nitrogen and oxygen atoms in total. The van der Waals surface area contributed by atoms with Crippen molar-refractivity contribution in [2.45, 2.75) is 30.7 Å². The third-order valence-electron chi connectivity index (χ3n) is 3.75. The molecule has 0 aromatic carbocycles. The first kappa shape index (κ1) is 15.4. The summed E-state index contributed by atoms with van der Waals surface area (Å²) >= 11 is 0. The predicted molar refractivity (Wildman–Crippen MR) is 75.5 cm³/mol. The Morgan fingerprint density at radius 1 is 1.45 bits per heavy atom. The highest BCUT2D eigenvalue weighted by atomic mass is 32.2. The van der Waals surface area contributed by atoms with Gasteiger partial charge in [-0.05, 0) is 36.8 Å². The van der Waals surface area contributed by atoms with Crippen LogP contribution >= 0.6 is 0 Å². The van der Waals surface area contributed by atoms with Crippen LogP contribution in [0.3, 0.4) is 0 Å². The highest BCUT2D eigenvalue weighted by Crippen LogP contribution is 2.48. The lowest BCUT2D eigenvalue weighted by Crippen LogP contribution is -2.31. The second-order valence-corrected chi connectivity index (χ2v) is 7.02. The summed E-state index contributed by atoms with van der Waals surface area (Å²) in [6.07, 6.45) is 4.32. The summed E-state index contributed by atoms with van der Waals surface area (Å²) in [5.41, 5.74) is 6.19. The molecule has 20 heavy (non-hydrogen) atoms. The van der Waals surface area contributed by atoms with Crippen LogP contribution in [0.4, 0.5) is 0 Å². The number of hydrogen-bond acceptors (Lipinski definition) is 5. The van der Waals surface area contributed by atoms with E-state index in [1.165, 1.54) is 12.3 Å². The van der Waals surface area contributed by atoms with Crippen molar-refractivity contribution in [2.24, 2.45) is 11.1 Å². The maximum absolute atomic E-state index is 12.2. The standard InChI is InChI=1S/C13H21N3O3S/c1-19-7-6-13(4-5-13)10-16-20(17,18)12-3-2-11(8-14)15-9-12/h2-3,9,16H,4-8,10,14H2,1H3. The molecule has 1 aliphatic rings. The molecule has 0 spiro atoms. The first-order chi connectivity index (χ1) is 9.51. The van der Waals surface area contributed by atoms with Crippen LogP contribution in [-0.2, 0) is 21.3 Å². The summed E-state index contributed by atoms with van der Waals surface area (Å²) in [4.78, 5) is 4.19. The van der Waals surface area contributed by atoms with E-state index >= 15 is 0 Å². The Labute approximate surface area is 119 Å². The van der Waals surface area contributed by atoms with E-state index in [0.717, 1.165) is 19.3 Å². The van der Waals surface area contributed by atoms with Crippen molar-refractivity contribution in [1.29, 1.82) is 0 Å². The minimum absolute atomic E-state index is 0.0771. The smallest absolute Gasteiger partial charge is 0.242 e. The van der Waals surface area contributed by atoms with Crippen LogP contribution in [0.1, 0.15) is 25.0 Å². The Morgan fingerprint density at radius 2 is 2.20 bits per heavy atom. The second kappa shape index (κ2) is 6.17. The van der Waals surface area contributed by atoms with Gasteiger partial charge in [0, 0.05) is 33.0 Å². The highest BCUT2D eigenvalue weighted by molar-refractivity contribution is 7.89. The summed E-state index contributed by atoms with van der Waals surface area (Å²) in [6.45, 7) is 1.42. The van der Waals surface area contributed by atoms with E-state index in [-0.39, 0.29) is 10.3 Å². The number of aromatic nitrogens is 1. The molecular formula is C13H21N3O3S. The van der Waals surface area contributed by atoms with Crippen LogP contribution in [0.15, 0.2) is 23.2 Å². The molecule has 3 N–H and O–H groups in total. The normalized spacial score (nSPS) is 17.1. The summed E-state index contributed by atoms with van der Waals surface area (Å²) < 4.78 is 32.1. The molecule has 0 aliphatic heterocycles. The van der Waals surface area contributed by atoms with Crippen molar-refractivity contribution in [3.8, 4) is 0 Å². The summed E-state index contributed by atoms with van der Waals surface area (Å²) in [6, 6.07) is 3.17. The van der Waals surface area contributed by atoms with E-state index in [4.69, 9.17) is 10.5 Å². The molecule has 0 amide bonds.